The van der Waals surface area contributed by atoms with E-state index in [0.717, 1.165) is 53.3 Å². The predicted molar refractivity (Wildman–Crippen MR) is 148 cm³/mol. The number of anilines is 1. The Hall–Kier alpha value is -3.90. The van der Waals surface area contributed by atoms with Crippen LogP contribution >= 0.6 is 0 Å². The summed E-state index contributed by atoms with van der Waals surface area (Å²) in [5.41, 5.74) is 2.90. The number of carbonyl (C=O) groups is 1. The molecular weight excluding hydrogens is 522 g/mol. The van der Waals surface area contributed by atoms with Crippen molar-refractivity contribution in [3.63, 3.8) is 0 Å². The molecule has 1 saturated heterocycles. The maximum atomic E-state index is 12.0. The van der Waals surface area contributed by atoms with Crippen LogP contribution in [0.25, 0.3) is 11.1 Å². The standard InChI is InChI=1S/C27H33N5O6S/c1-5-38-21-8-6-7-19(15-21)20-16-24(36-2)22(25(17-20)37-3)18-31-11-13-32(14-12-31)26-10-9-23(28-29-26)27(33)30-39(4,34)35/h6-10,15-17H,5,11-14,18H2,1-4H3,(H,30,33). The Morgan fingerprint density at radius 3 is 2.21 bits per heavy atom. The van der Waals surface area contributed by atoms with Crippen LogP contribution in [0.2, 0.25) is 0 Å². The molecule has 1 N–H and O–H groups in total. The van der Waals surface area contributed by atoms with Gasteiger partial charge < -0.3 is 19.1 Å². The van der Waals surface area contributed by atoms with Crippen molar-refractivity contribution in [2.24, 2.45) is 0 Å². The second kappa shape index (κ2) is 12.3. The van der Waals surface area contributed by atoms with Crippen LogP contribution in [0.5, 0.6) is 17.2 Å². The normalized spacial score (nSPS) is 14.1. The Balaban J connectivity index is 1.43. The zero-order chi connectivity index (χ0) is 28.0. The lowest BCUT2D eigenvalue weighted by molar-refractivity contribution is 0.0976. The van der Waals surface area contributed by atoms with Gasteiger partial charge in [0.1, 0.15) is 17.2 Å². The van der Waals surface area contributed by atoms with Crippen LogP contribution in [0.3, 0.4) is 0 Å². The van der Waals surface area contributed by atoms with Gasteiger partial charge in [0.15, 0.2) is 11.5 Å². The number of hydrogen-bond donors (Lipinski definition) is 1. The molecule has 12 heteroatoms. The average Bonchev–Trinajstić information content (AvgIpc) is 2.93. The minimum Gasteiger partial charge on any atom is -0.496 e. The number of piperazine rings is 1. The van der Waals surface area contributed by atoms with E-state index < -0.39 is 15.9 Å². The molecule has 1 aromatic heterocycles. The van der Waals surface area contributed by atoms with Crippen molar-refractivity contribution in [3.8, 4) is 28.4 Å². The molecule has 1 amide bonds. The zero-order valence-electron chi connectivity index (χ0n) is 22.5. The first kappa shape index (κ1) is 28.1. The quantitative estimate of drug-likeness (QED) is 0.399. The number of rotatable bonds is 10. The van der Waals surface area contributed by atoms with E-state index >= 15 is 0 Å². The lowest BCUT2D eigenvalue weighted by atomic mass is 10.0. The molecule has 1 fully saturated rings. The Kier molecular flexibility index (Phi) is 8.87. The molecule has 39 heavy (non-hydrogen) atoms. The third-order valence-corrected chi connectivity index (χ3v) is 6.88. The van der Waals surface area contributed by atoms with Crippen molar-refractivity contribution in [2.75, 3.05) is 58.2 Å². The predicted octanol–water partition coefficient (Wildman–Crippen LogP) is 2.57. The maximum absolute atomic E-state index is 12.0. The van der Waals surface area contributed by atoms with Gasteiger partial charge in [0, 0.05) is 32.7 Å². The first-order chi connectivity index (χ1) is 18.7. The van der Waals surface area contributed by atoms with Crippen molar-refractivity contribution >= 4 is 21.7 Å². The van der Waals surface area contributed by atoms with Crippen LogP contribution < -0.4 is 23.8 Å². The van der Waals surface area contributed by atoms with E-state index in [-0.39, 0.29) is 5.69 Å². The fourth-order valence-corrected chi connectivity index (χ4v) is 4.87. The van der Waals surface area contributed by atoms with Gasteiger partial charge in [0.05, 0.1) is 32.6 Å². The molecule has 11 nitrogen and oxygen atoms in total. The van der Waals surface area contributed by atoms with Gasteiger partial charge in [-0.3, -0.25) is 9.69 Å². The van der Waals surface area contributed by atoms with Crippen LogP contribution in [0.1, 0.15) is 23.0 Å². The monoisotopic (exact) mass is 555 g/mol. The molecule has 4 rings (SSSR count). The highest BCUT2D eigenvalue weighted by molar-refractivity contribution is 7.89. The molecule has 1 aliphatic rings. The summed E-state index contributed by atoms with van der Waals surface area (Å²) >= 11 is 0. The molecule has 208 valence electrons. The smallest absolute Gasteiger partial charge is 0.285 e. The van der Waals surface area contributed by atoms with E-state index in [1.807, 2.05) is 48.0 Å². The maximum Gasteiger partial charge on any atom is 0.285 e. The lowest BCUT2D eigenvalue weighted by Crippen LogP contribution is -2.46. The van der Waals surface area contributed by atoms with Gasteiger partial charge in [-0.05, 0) is 54.4 Å². The number of ether oxygens (including phenoxy) is 3. The number of hydrogen-bond acceptors (Lipinski definition) is 10. The van der Waals surface area contributed by atoms with Gasteiger partial charge in [-0.2, -0.15) is 0 Å². The number of carbonyl (C=O) groups excluding carboxylic acids is 1. The number of nitrogens with zero attached hydrogens (tertiary/aromatic N) is 4. The van der Waals surface area contributed by atoms with E-state index in [1.165, 1.54) is 6.07 Å². The number of amides is 1. The molecule has 0 radical (unpaired) electrons. The molecular formula is C27H33N5O6S. The first-order valence-electron chi connectivity index (χ1n) is 12.5. The van der Waals surface area contributed by atoms with Crippen LogP contribution in [-0.4, -0.2) is 82.7 Å². The number of sulfonamides is 1. The van der Waals surface area contributed by atoms with Crippen molar-refractivity contribution in [1.29, 1.82) is 0 Å². The van der Waals surface area contributed by atoms with Crippen molar-refractivity contribution in [3.05, 3.63) is 59.8 Å². The van der Waals surface area contributed by atoms with Crippen molar-refractivity contribution < 1.29 is 27.4 Å². The lowest BCUT2D eigenvalue weighted by Gasteiger charge is -2.35. The molecule has 2 aromatic carbocycles. The summed E-state index contributed by atoms with van der Waals surface area (Å²) in [6.07, 6.45) is 0.910. The van der Waals surface area contributed by atoms with Gasteiger partial charge in [0.2, 0.25) is 10.0 Å². The zero-order valence-corrected chi connectivity index (χ0v) is 23.3. The molecule has 0 aliphatic carbocycles. The molecule has 0 bridgehead atoms. The number of aromatic nitrogens is 2. The Morgan fingerprint density at radius 2 is 1.64 bits per heavy atom. The van der Waals surface area contributed by atoms with Crippen LogP contribution in [0, 0.1) is 0 Å². The number of nitrogens with one attached hydrogen (secondary N) is 1. The number of methoxy groups -OCH3 is 2. The Bertz CT molecular complexity index is 1380. The second-order valence-corrected chi connectivity index (χ2v) is 10.8. The van der Waals surface area contributed by atoms with Crippen LogP contribution in [-0.2, 0) is 16.6 Å². The van der Waals surface area contributed by atoms with Crippen LogP contribution in [0.4, 0.5) is 5.82 Å². The highest BCUT2D eigenvalue weighted by atomic mass is 32.2. The third kappa shape index (κ3) is 7.15. The number of benzene rings is 2. The Labute approximate surface area is 228 Å². The fraction of sp³-hybridized carbons (Fsp3) is 0.370. The SMILES string of the molecule is CCOc1cccc(-c2cc(OC)c(CN3CCN(c4ccc(C(=O)NS(C)(=O)=O)nn4)CC3)c(OC)c2)c1. The summed E-state index contributed by atoms with van der Waals surface area (Å²) in [6, 6.07) is 15.1. The summed E-state index contributed by atoms with van der Waals surface area (Å²) in [7, 11) is -0.348. The first-order valence-corrected chi connectivity index (χ1v) is 14.4. The summed E-state index contributed by atoms with van der Waals surface area (Å²) < 4.78 is 41.7. The molecule has 0 unspecified atom stereocenters. The van der Waals surface area contributed by atoms with Gasteiger partial charge >= 0.3 is 0 Å². The highest BCUT2D eigenvalue weighted by Gasteiger charge is 2.23. The molecule has 0 atom stereocenters. The van der Waals surface area contributed by atoms with Gasteiger partial charge in [-0.25, -0.2) is 13.1 Å². The summed E-state index contributed by atoms with van der Waals surface area (Å²) in [5, 5.41) is 8.02. The highest BCUT2D eigenvalue weighted by Crippen LogP contribution is 2.37. The third-order valence-electron chi connectivity index (χ3n) is 6.33. The van der Waals surface area contributed by atoms with Crippen molar-refractivity contribution in [1.82, 2.24) is 19.8 Å². The Morgan fingerprint density at radius 1 is 0.949 bits per heavy atom. The van der Waals surface area contributed by atoms with E-state index in [9.17, 15) is 13.2 Å². The molecule has 0 saturated carbocycles. The van der Waals surface area contributed by atoms with Gasteiger partial charge in [-0.15, -0.1) is 10.2 Å². The van der Waals surface area contributed by atoms with E-state index in [1.54, 1.807) is 20.3 Å². The minimum atomic E-state index is -3.67. The van der Waals surface area contributed by atoms with E-state index in [2.05, 4.69) is 20.0 Å². The fourth-order valence-electron chi connectivity index (χ4n) is 4.43. The summed E-state index contributed by atoms with van der Waals surface area (Å²) in [4.78, 5) is 16.4. The molecule has 2 heterocycles. The molecule has 0 spiro atoms. The second-order valence-electron chi connectivity index (χ2n) is 9.06. The van der Waals surface area contributed by atoms with E-state index in [0.29, 0.717) is 32.1 Å². The molecule has 1 aliphatic heterocycles. The summed E-state index contributed by atoms with van der Waals surface area (Å²) in [5.74, 6) is 2.13. The van der Waals surface area contributed by atoms with E-state index in [4.69, 9.17) is 14.2 Å². The molecule has 3 aromatic rings. The van der Waals surface area contributed by atoms with Crippen LogP contribution in [0.15, 0.2) is 48.5 Å². The topological polar surface area (TPSA) is 123 Å². The average molecular weight is 556 g/mol. The largest absolute Gasteiger partial charge is 0.496 e. The van der Waals surface area contributed by atoms with Gasteiger partial charge in [-0.1, -0.05) is 12.1 Å². The summed E-state index contributed by atoms with van der Waals surface area (Å²) in [6.45, 7) is 6.15. The van der Waals surface area contributed by atoms with Crippen molar-refractivity contribution in [2.45, 2.75) is 13.5 Å². The van der Waals surface area contributed by atoms with Gasteiger partial charge in [0.25, 0.3) is 5.91 Å². The minimum absolute atomic E-state index is 0.0601.